The Labute approximate surface area is 208 Å². The molecule has 0 radical (unpaired) electrons. The minimum Gasteiger partial charge on any atom is -0.665 e. The summed E-state index contributed by atoms with van der Waals surface area (Å²) in [6.07, 6.45) is 3.42. The van der Waals surface area contributed by atoms with Crippen LogP contribution in [0.15, 0.2) is 29.1 Å². The third-order valence-corrected chi connectivity index (χ3v) is 7.89. The Bertz CT molecular complexity index is 1450. The molecule has 3 aliphatic heterocycles. The molecule has 1 N–H and O–H groups in total. The molecule has 9 heteroatoms. The van der Waals surface area contributed by atoms with Crippen molar-refractivity contribution < 1.29 is 14.6 Å². The summed E-state index contributed by atoms with van der Waals surface area (Å²) in [7, 11) is 0. The van der Waals surface area contributed by atoms with Crippen molar-refractivity contribution in [3.05, 3.63) is 51.3 Å². The first-order valence-electron chi connectivity index (χ1n) is 12.2. The fraction of sp³-hybridized carbons (Fsp3) is 0.423. The van der Waals surface area contributed by atoms with Crippen molar-refractivity contribution >= 4 is 41.1 Å². The van der Waals surface area contributed by atoms with Crippen LogP contribution >= 0.6 is 0 Å². The number of cyclic esters (lactones) is 1. The number of nitrogens with zero attached hydrogens (tertiary/aromatic N) is 4. The smallest absolute Gasteiger partial charge is 0.343 e. The lowest BCUT2D eigenvalue weighted by atomic mass is 9.86. The Morgan fingerprint density at radius 1 is 1.20 bits per heavy atom. The molecule has 35 heavy (non-hydrogen) atoms. The highest BCUT2D eigenvalue weighted by Gasteiger charge is 2.45. The zero-order valence-corrected chi connectivity index (χ0v) is 20.7. The number of hydrogen-bond acceptors (Lipinski definition) is 8. The Balaban J connectivity index is 1.60. The van der Waals surface area contributed by atoms with E-state index in [1.165, 1.54) is 0 Å². The maximum Gasteiger partial charge on any atom is 0.343 e. The van der Waals surface area contributed by atoms with E-state index in [-0.39, 0.29) is 18.6 Å². The Morgan fingerprint density at radius 2 is 2.03 bits per heavy atom. The van der Waals surface area contributed by atoms with Crippen LogP contribution in [-0.2, 0) is 41.1 Å². The van der Waals surface area contributed by atoms with Crippen LogP contribution in [0.2, 0.25) is 0 Å². The van der Waals surface area contributed by atoms with Gasteiger partial charge in [-0.15, -0.1) is 0 Å². The monoisotopic (exact) mass is 491 g/mol. The predicted molar refractivity (Wildman–Crippen MR) is 136 cm³/mol. The van der Waals surface area contributed by atoms with Crippen LogP contribution in [0.5, 0.6) is 0 Å². The van der Waals surface area contributed by atoms with Gasteiger partial charge in [-0.2, -0.15) is 0 Å². The first kappa shape index (κ1) is 22.4. The van der Waals surface area contributed by atoms with Gasteiger partial charge < -0.3 is 36.4 Å². The molecule has 0 spiro atoms. The quantitative estimate of drug-likeness (QED) is 0.259. The number of fused-ring (bicyclic) bond motifs is 5. The van der Waals surface area contributed by atoms with Crippen LogP contribution in [0.25, 0.3) is 22.3 Å². The maximum atomic E-state index is 13.6. The SMILES string of the molecule is CCCCCN1CN([S-])c2cccc3nc4c(c1c23)Cn1c-4cc2c(c1=O)COC(=O)[C@]2(O)CC. The number of unbranched alkanes of at least 4 members (excludes halogenated alkanes) is 2. The molecule has 0 aliphatic carbocycles. The molecule has 0 saturated heterocycles. The van der Waals surface area contributed by atoms with Crippen molar-refractivity contribution in [1.29, 1.82) is 0 Å². The summed E-state index contributed by atoms with van der Waals surface area (Å²) in [6.45, 7) is 5.59. The third-order valence-electron chi connectivity index (χ3n) is 7.58. The van der Waals surface area contributed by atoms with Gasteiger partial charge in [0.25, 0.3) is 5.56 Å². The van der Waals surface area contributed by atoms with Crippen molar-refractivity contribution in [2.45, 2.75) is 58.3 Å². The number of pyridine rings is 2. The van der Waals surface area contributed by atoms with E-state index in [1.807, 2.05) is 22.5 Å². The van der Waals surface area contributed by atoms with Gasteiger partial charge in [0.15, 0.2) is 5.60 Å². The molecule has 0 bridgehead atoms. The molecule has 2 aromatic heterocycles. The lowest BCUT2D eigenvalue weighted by molar-refractivity contribution is -0.172. The zero-order chi connectivity index (χ0) is 24.5. The first-order chi connectivity index (χ1) is 16.9. The molecule has 0 saturated carbocycles. The Kier molecular flexibility index (Phi) is 5.12. The number of aliphatic hydroxyl groups is 1. The van der Waals surface area contributed by atoms with E-state index < -0.39 is 11.6 Å². The molecule has 1 aromatic carbocycles. The Hall–Kier alpha value is -3.04. The molecule has 0 fully saturated rings. The second kappa shape index (κ2) is 7.99. The van der Waals surface area contributed by atoms with Gasteiger partial charge in [0.2, 0.25) is 0 Å². The summed E-state index contributed by atoms with van der Waals surface area (Å²) in [4.78, 5) is 33.4. The summed E-state index contributed by atoms with van der Waals surface area (Å²) in [6, 6.07) is 7.72. The van der Waals surface area contributed by atoms with Crippen LogP contribution in [0.1, 0.15) is 56.2 Å². The van der Waals surface area contributed by atoms with Gasteiger partial charge in [0.1, 0.15) is 6.61 Å². The molecule has 3 aromatic rings. The van der Waals surface area contributed by atoms with Gasteiger partial charge in [-0.05, 0) is 31.0 Å². The van der Waals surface area contributed by atoms with E-state index in [4.69, 9.17) is 22.5 Å². The lowest BCUT2D eigenvalue weighted by Gasteiger charge is -2.45. The van der Waals surface area contributed by atoms with Gasteiger partial charge >= 0.3 is 5.97 Å². The minimum absolute atomic E-state index is 0.119. The number of anilines is 2. The highest BCUT2D eigenvalue weighted by atomic mass is 32.1. The number of carbonyl (C=O) groups is 1. The molecular formula is C26H27N4O4S-. The number of benzene rings is 1. The number of rotatable bonds is 5. The fourth-order valence-electron chi connectivity index (χ4n) is 5.68. The molecule has 1 atom stereocenters. The van der Waals surface area contributed by atoms with Crippen molar-refractivity contribution in [3.63, 3.8) is 0 Å². The van der Waals surface area contributed by atoms with Gasteiger partial charge in [-0.25, -0.2) is 9.78 Å². The number of carbonyl (C=O) groups excluding carboxylic acids is 1. The number of ether oxygens (including phenoxy) is 1. The van der Waals surface area contributed by atoms with Crippen LogP contribution in [0.3, 0.4) is 0 Å². The Morgan fingerprint density at radius 3 is 2.80 bits per heavy atom. The molecule has 0 amide bonds. The summed E-state index contributed by atoms with van der Waals surface area (Å²) < 4.78 is 8.74. The lowest BCUT2D eigenvalue weighted by Crippen LogP contribution is -2.44. The minimum atomic E-state index is -1.83. The van der Waals surface area contributed by atoms with E-state index in [2.05, 4.69) is 11.8 Å². The van der Waals surface area contributed by atoms with E-state index in [1.54, 1.807) is 17.6 Å². The number of esters is 1. The van der Waals surface area contributed by atoms with Crippen molar-refractivity contribution in [3.8, 4) is 11.4 Å². The maximum absolute atomic E-state index is 13.6. The van der Waals surface area contributed by atoms with E-state index in [9.17, 15) is 14.7 Å². The van der Waals surface area contributed by atoms with Crippen molar-refractivity contribution in [2.75, 3.05) is 22.4 Å². The summed E-state index contributed by atoms with van der Waals surface area (Å²) in [5, 5.41) is 12.2. The average Bonchev–Trinajstić information content (AvgIpc) is 3.22. The number of aromatic nitrogens is 2. The van der Waals surface area contributed by atoms with Crippen LogP contribution in [-0.4, -0.2) is 33.8 Å². The summed E-state index contributed by atoms with van der Waals surface area (Å²) in [5.74, 6) is -0.714. The topological polar surface area (TPSA) is 87.9 Å². The van der Waals surface area contributed by atoms with Crippen LogP contribution in [0, 0.1) is 0 Å². The van der Waals surface area contributed by atoms with Crippen molar-refractivity contribution in [2.24, 2.45) is 0 Å². The normalized spacial score (nSPS) is 20.1. The van der Waals surface area contributed by atoms with Crippen molar-refractivity contribution in [1.82, 2.24) is 9.55 Å². The van der Waals surface area contributed by atoms with Crippen LogP contribution < -0.4 is 14.8 Å². The zero-order valence-electron chi connectivity index (χ0n) is 19.8. The first-order valence-corrected chi connectivity index (χ1v) is 12.6. The largest absolute Gasteiger partial charge is 0.665 e. The number of hydrogen-bond donors (Lipinski definition) is 1. The molecular weight excluding hydrogens is 464 g/mol. The van der Waals surface area contributed by atoms with Gasteiger partial charge in [0, 0.05) is 28.7 Å². The highest BCUT2D eigenvalue weighted by Crippen LogP contribution is 2.47. The molecule has 182 valence electrons. The molecule has 8 nitrogen and oxygen atoms in total. The van der Waals surface area contributed by atoms with Gasteiger partial charge in [0.05, 0.1) is 41.4 Å². The van der Waals surface area contributed by atoms with Crippen LogP contribution in [0.4, 0.5) is 11.4 Å². The summed E-state index contributed by atoms with van der Waals surface area (Å²) in [5.41, 5.74) is 3.77. The predicted octanol–water partition coefficient (Wildman–Crippen LogP) is 3.32. The standard InChI is InChI=1S/C26H27N4O4S/c1-3-5-6-10-28-14-30(35)19-9-7-8-18-21(19)23(28)15-12-29-20(22(15)27-18)11-17-16(24(29)31)13-34-25(32)26(17,33)4-2/h7-9,11,33H,3-6,10,12-14H2,1-2H3/q-1/t26-/m0/s1. The van der Waals surface area contributed by atoms with E-state index in [0.717, 1.165) is 59.3 Å². The molecule has 5 heterocycles. The highest BCUT2D eigenvalue weighted by molar-refractivity contribution is 7.60. The van der Waals surface area contributed by atoms with Gasteiger partial charge in [-0.1, -0.05) is 32.8 Å². The fourth-order valence-corrected chi connectivity index (χ4v) is 5.97. The summed E-state index contributed by atoms with van der Waals surface area (Å²) >= 11 is 5.71. The second-order valence-electron chi connectivity index (χ2n) is 9.55. The second-order valence-corrected chi connectivity index (χ2v) is 9.99. The van der Waals surface area contributed by atoms with E-state index >= 15 is 0 Å². The molecule has 3 aliphatic rings. The average molecular weight is 492 g/mol. The van der Waals surface area contributed by atoms with Gasteiger partial charge in [-0.3, -0.25) is 4.79 Å². The van der Waals surface area contributed by atoms with E-state index in [0.29, 0.717) is 30.0 Å². The molecule has 6 rings (SSSR count). The third kappa shape index (κ3) is 3.07. The molecule has 0 unspecified atom stereocenters.